The Hall–Kier alpha value is -1.32. The molecule has 0 aromatic rings. The molecule has 1 atom stereocenters. The van der Waals surface area contributed by atoms with Gasteiger partial charge in [0.15, 0.2) is 0 Å². The van der Waals surface area contributed by atoms with E-state index in [0.717, 1.165) is 6.42 Å². The van der Waals surface area contributed by atoms with Gasteiger partial charge < -0.3 is 10.0 Å². The summed E-state index contributed by atoms with van der Waals surface area (Å²) in [4.78, 5) is 25.1. The van der Waals surface area contributed by atoms with Gasteiger partial charge in [0.2, 0.25) is 5.91 Å². The Kier molecular flexibility index (Phi) is 15.3. The average Bonchev–Trinajstić information content (AvgIpc) is 2.59. The summed E-state index contributed by atoms with van der Waals surface area (Å²) in [5, 5.41) is 9.04. The maximum Gasteiger partial charge on any atom is 0.304 e. The molecule has 1 unspecified atom stereocenters. The summed E-state index contributed by atoms with van der Waals surface area (Å²) < 4.78 is 0. The first-order valence-corrected chi connectivity index (χ1v) is 10.2. The number of allylic oxidation sites excluding steroid dienone is 2. The highest BCUT2D eigenvalue weighted by molar-refractivity contribution is 5.83. The van der Waals surface area contributed by atoms with Gasteiger partial charge in [0.1, 0.15) is 0 Å². The lowest BCUT2D eigenvalue weighted by atomic mass is 9.98. The van der Waals surface area contributed by atoms with E-state index in [1.54, 1.807) is 4.90 Å². The molecule has 0 radical (unpaired) electrons. The number of hydrogen-bond donors (Lipinski definition) is 1. The highest BCUT2D eigenvalue weighted by atomic mass is 16.4. The van der Waals surface area contributed by atoms with Crippen LogP contribution in [-0.2, 0) is 9.59 Å². The number of rotatable bonds is 16. The molecule has 0 saturated heterocycles. The second kappa shape index (κ2) is 16.2. The van der Waals surface area contributed by atoms with Crippen molar-refractivity contribution in [2.24, 2.45) is 5.92 Å². The molecule has 0 spiro atoms. The van der Waals surface area contributed by atoms with Gasteiger partial charge in [-0.05, 0) is 33.1 Å². The van der Waals surface area contributed by atoms with E-state index in [1.165, 1.54) is 51.4 Å². The van der Waals surface area contributed by atoms with Gasteiger partial charge in [-0.1, -0.05) is 64.0 Å². The minimum Gasteiger partial charge on any atom is -0.481 e. The van der Waals surface area contributed by atoms with Crippen LogP contribution in [0, 0.1) is 5.92 Å². The Bertz CT molecular complexity index is 375. The third kappa shape index (κ3) is 12.7. The Morgan fingerprint density at radius 2 is 1.44 bits per heavy atom. The molecule has 0 aliphatic heterocycles. The van der Waals surface area contributed by atoms with Crippen molar-refractivity contribution in [3.05, 3.63) is 12.2 Å². The van der Waals surface area contributed by atoms with E-state index >= 15 is 0 Å². The summed E-state index contributed by atoms with van der Waals surface area (Å²) in [5.74, 6) is -1.38. The lowest BCUT2D eigenvalue weighted by Gasteiger charge is -2.23. The minimum absolute atomic E-state index is 0.0378. The van der Waals surface area contributed by atoms with Crippen molar-refractivity contribution < 1.29 is 14.7 Å². The first-order chi connectivity index (χ1) is 12.1. The van der Waals surface area contributed by atoms with Gasteiger partial charge in [-0.15, -0.1) is 0 Å². The molecular weight excluding hydrogens is 314 g/mol. The molecule has 0 aliphatic rings. The summed E-state index contributed by atoms with van der Waals surface area (Å²) in [7, 11) is 0. The van der Waals surface area contributed by atoms with E-state index in [-0.39, 0.29) is 12.3 Å². The van der Waals surface area contributed by atoms with E-state index < -0.39 is 11.9 Å². The second-order valence-corrected chi connectivity index (χ2v) is 6.78. The van der Waals surface area contributed by atoms with Crippen molar-refractivity contribution in [3.8, 4) is 0 Å². The molecule has 0 aromatic carbocycles. The third-order valence-corrected chi connectivity index (χ3v) is 4.66. The van der Waals surface area contributed by atoms with Gasteiger partial charge in [-0.3, -0.25) is 9.59 Å². The molecule has 0 bridgehead atoms. The van der Waals surface area contributed by atoms with Crippen LogP contribution in [0.25, 0.3) is 0 Å². The van der Waals surface area contributed by atoms with E-state index in [4.69, 9.17) is 5.11 Å². The fourth-order valence-electron chi connectivity index (χ4n) is 3.05. The van der Waals surface area contributed by atoms with Crippen LogP contribution in [0.15, 0.2) is 12.2 Å². The zero-order chi connectivity index (χ0) is 18.9. The quantitative estimate of drug-likeness (QED) is 0.297. The van der Waals surface area contributed by atoms with Crippen molar-refractivity contribution in [1.29, 1.82) is 0 Å². The number of carbonyl (C=O) groups is 2. The smallest absolute Gasteiger partial charge is 0.304 e. The minimum atomic E-state index is -0.901. The predicted molar refractivity (Wildman–Crippen MR) is 105 cm³/mol. The highest BCUT2D eigenvalue weighted by Crippen LogP contribution is 2.15. The lowest BCUT2D eigenvalue weighted by molar-refractivity contribution is -0.144. The molecular formula is C21H39NO3. The van der Waals surface area contributed by atoms with Crippen molar-refractivity contribution in [3.63, 3.8) is 0 Å². The number of amides is 1. The first kappa shape index (κ1) is 23.7. The SMILES string of the molecule is CCCCCCCCCC/C=C/CC(CC(=O)O)C(=O)N(CC)CC. The highest BCUT2D eigenvalue weighted by Gasteiger charge is 2.23. The Morgan fingerprint density at radius 1 is 0.880 bits per heavy atom. The molecule has 0 aromatic heterocycles. The van der Waals surface area contributed by atoms with Crippen LogP contribution < -0.4 is 0 Å². The molecule has 4 nitrogen and oxygen atoms in total. The molecule has 25 heavy (non-hydrogen) atoms. The summed E-state index contributed by atoms with van der Waals surface area (Å²) in [6, 6.07) is 0. The maximum absolute atomic E-state index is 12.4. The van der Waals surface area contributed by atoms with Crippen LogP contribution in [0.1, 0.15) is 91.4 Å². The van der Waals surface area contributed by atoms with Crippen LogP contribution in [0.3, 0.4) is 0 Å². The molecule has 4 heteroatoms. The molecule has 0 heterocycles. The topological polar surface area (TPSA) is 57.6 Å². The number of unbranched alkanes of at least 4 members (excludes halogenated alkanes) is 8. The second-order valence-electron chi connectivity index (χ2n) is 6.78. The lowest BCUT2D eigenvalue weighted by Crippen LogP contribution is -2.36. The molecule has 1 amide bonds. The zero-order valence-corrected chi connectivity index (χ0v) is 16.6. The molecule has 0 aliphatic carbocycles. The number of aliphatic carboxylic acids is 1. The normalized spacial score (nSPS) is 12.4. The third-order valence-electron chi connectivity index (χ3n) is 4.66. The first-order valence-electron chi connectivity index (χ1n) is 10.2. The summed E-state index contributed by atoms with van der Waals surface area (Å²) >= 11 is 0. The van der Waals surface area contributed by atoms with Crippen LogP contribution in [0.4, 0.5) is 0 Å². The van der Waals surface area contributed by atoms with Crippen LogP contribution in [-0.4, -0.2) is 35.0 Å². The molecule has 0 fully saturated rings. The van der Waals surface area contributed by atoms with Gasteiger partial charge in [0, 0.05) is 13.1 Å². The fourth-order valence-corrected chi connectivity index (χ4v) is 3.05. The van der Waals surface area contributed by atoms with Gasteiger partial charge in [0.25, 0.3) is 0 Å². The van der Waals surface area contributed by atoms with E-state index in [2.05, 4.69) is 13.0 Å². The summed E-state index contributed by atoms with van der Waals surface area (Å²) in [6.07, 6.45) is 16.0. The van der Waals surface area contributed by atoms with Gasteiger partial charge >= 0.3 is 5.97 Å². The molecule has 146 valence electrons. The summed E-state index contributed by atoms with van der Waals surface area (Å²) in [5.41, 5.74) is 0. The summed E-state index contributed by atoms with van der Waals surface area (Å²) in [6.45, 7) is 7.36. The van der Waals surface area contributed by atoms with E-state index in [1.807, 2.05) is 19.9 Å². The van der Waals surface area contributed by atoms with Crippen molar-refractivity contribution in [2.75, 3.05) is 13.1 Å². The van der Waals surface area contributed by atoms with Crippen molar-refractivity contribution in [2.45, 2.75) is 91.4 Å². The van der Waals surface area contributed by atoms with Crippen molar-refractivity contribution in [1.82, 2.24) is 4.90 Å². The molecule has 0 saturated carbocycles. The Morgan fingerprint density at radius 3 is 1.96 bits per heavy atom. The number of carboxylic acids is 1. The maximum atomic E-state index is 12.4. The van der Waals surface area contributed by atoms with Crippen LogP contribution in [0.5, 0.6) is 0 Å². The van der Waals surface area contributed by atoms with Gasteiger partial charge in [-0.2, -0.15) is 0 Å². The number of hydrogen-bond acceptors (Lipinski definition) is 2. The molecule has 0 rings (SSSR count). The van der Waals surface area contributed by atoms with Gasteiger partial charge in [-0.25, -0.2) is 0 Å². The average molecular weight is 354 g/mol. The Balaban J connectivity index is 4.01. The van der Waals surface area contributed by atoms with Gasteiger partial charge in [0.05, 0.1) is 12.3 Å². The largest absolute Gasteiger partial charge is 0.481 e. The monoisotopic (exact) mass is 353 g/mol. The number of nitrogens with zero attached hydrogens (tertiary/aromatic N) is 1. The predicted octanol–water partition coefficient (Wildman–Crippen LogP) is 5.42. The van der Waals surface area contributed by atoms with Crippen LogP contribution in [0.2, 0.25) is 0 Å². The fraction of sp³-hybridized carbons (Fsp3) is 0.810. The Labute approximate surface area is 154 Å². The van der Waals surface area contributed by atoms with E-state index in [0.29, 0.717) is 19.5 Å². The standard InChI is InChI=1S/C21H39NO3/c1-4-7-8-9-10-11-12-13-14-15-16-17-19(18-20(23)24)21(25)22(5-2)6-3/h15-16,19H,4-14,17-18H2,1-3H3,(H,23,24)/b16-15+. The van der Waals surface area contributed by atoms with Crippen molar-refractivity contribution >= 4 is 11.9 Å². The van der Waals surface area contributed by atoms with E-state index in [9.17, 15) is 9.59 Å². The van der Waals surface area contributed by atoms with Crippen LogP contribution >= 0.6 is 0 Å². The number of carboxylic acid groups (broad SMARTS) is 1. The number of carbonyl (C=O) groups excluding carboxylic acids is 1. The molecule has 1 N–H and O–H groups in total. The zero-order valence-electron chi connectivity index (χ0n) is 16.6.